The van der Waals surface area contributed by atoms with Gasteiger partial charge in [-0.05, 0) is 71.5 Å². The van der Waals surface area contributed by atoms with Gasteiger partial charge in [0, 0.05) is 38.2 Å². The summed E-state index contributed by atoms with van der Waals surface area (Å²) in [6.07, 6.45) is 7.56. The number of hydrogen-bond donors (Lipinski definition) is 4. The van der Waals surface area contributed by atoms with Gasteiger partial charge in [0.2, 0.25) is 11.8 Å². The van der Waals surface area contributed by atoms with Crippen LogP contribution in [0.25, 0.3) is 28.1 Å². The second kappa shape index (κ2) is 15.9. The molecule has 2 saturated heterocycles. The van der Waals surface area contributed by atoms with Crippen molar-refractivity contribution >= 4 is 29.9 Å². The smallest absolute Gasteiger partial charge is 0.407 e. The molecule has 2 fully saturated rings. The van der Waals surface area contributed by atoms with Crippen LogP contribution in [0.3, 0.4) is 0 Å². The highest BCUT2D eigenvalue weighted by Gasteiger charge is 2.40. The number of amides is 3. The third-order valence-corrected chi connectivity index (χ3v) is 10.9. The number of aromatic amines is 1. The first kappa shape index (κ1) is 38.1. The first-order valence-corrected chi connectivity index (χ1v) is 19.1. The number of aromatic nitrogens is 6. The summed E-state index contributed by atoms with van der Waals surface area (Å²) in [6.45, 7) is 8.84. The number of nitrogens with one attached hydrogen (secondary N) is 2. The third-order valence-electron chi connectivity index (χ3n) is 10.9. The van der Waals surface area contributed by atoms with Crippen molar-refractivity contribution in [2.24, 2.45) is 11.8 Å². The number of anilines is 2. The molecule has 0 bridgehead atoms. The molecule has 294 valence electrons. The number of likely N-dealkylation sites (N-methyl/N-ethyl adjacent to an activating group) is 1. The van der Waals surface area contributed by atoms with Gasteiger partial charge in [0.1, 0.15) is 23.7 Å². The summed E-state index contributed by atoms with van der Waals surface area (Å²) in [5.41, 5.74) is 10.4. The van der Waals surface area contributed by atoms with Crippen LogP contribution in [0.4, 0.5) is 16.8 Å². The first-order chi connectivity index (χ1) is 26.9. The molecule has 3 aromatic heterocycles. The Morgan fingerprint density at radius 2 is 1.52 bits per heavy atom. The van der Waals surface area contributed by atoms with Gasteiger partial charge >= 0.3 is 12.1 Å². The van der Waals surface area contributed by atoms with Crippen molar-refractivity contribution in [3.63, 3.8) is 0 Å². The van der Waals surface area contributed by atoms with E-state index in [2.05, 4.69) is 61.8 Å². The number of benzene rings is 2. The van der Waals surface area contributed by atoms with Crippen molar-refractivity contribution < 1.29 is 24.0 Å². The number of nitrogens with two attached hydrogens (primary N) is 1. The van der Waals surface area contributed by atoms with E-state index in [9.17, 15) is 19.5 Å². The summed E-state index contributed by atoms with van der Waals surface area (Å²) in [7, 11) is 1.45. The summed E-state index contributed by atoms with van der Waals surface area (Å²) < 4.78 is 6.88. The second-order valence-corrected chi connectivity index (χ2v) is 15.2. The van der Waals surface area contributed by atoms with E-state index in [4.69, 9.17) is 15.2 Å². The van der Waals surface area contributed by atoms with E-state index < -0.39 is 18.2 Å². The number of carbonyl (C=O) groups excluding carboxylic acids is 2. The molecule has 2 aliphatic rings. The maximum Gasteiger partial charge on any atom is 0.407 e. The predicted octanol–water partition coefficient (Wildman–Crippen LogP) is 5.99. The molecule has 0 unspecified atom stereocenters. The van der Waals surface area contributed by atoms with E-state index >= 15 is 0 Å². The Kier molecular flexibility index (Phi) is 10.8. The molecule has 5 N–H and O–H groups in total. The zero-order valence-corrected chi connectivity index (χ0v) is 32.3. The maximum absolute atomic E-state index is 13.8. The van der Waals surface area contributed by atoms with Crippen LogP contribution in [-0.2, 0) is 9.59 Å². The van der Waals surface area contributed by atoms with Gasteiger partial charge in [0.25, 0.3) is 5.95 Å². The number of nitrogen functional groups attached to an aromatic ring is 1. The molecule has 56 heavy (non-hydrogen) atoms. The maximum atomic E-state index is 13.8. The van der Waals surface area contributed by atoms with Crippen LogP contribution < -0.4 is 11.1 Å². The van der Waals surface area contributed by atoms with E-state index in [0.717, 1.165) is 70.3 Å². The number of nitrogens with zero attached hydrogens (tertiary/aromatic N) is 8. The van der Waals surface area contributed by atoms with E-state index in [1.165, 1.54) is 7.05 Å². The van der Waals surface area contributed by atoms with Crippen LogP contribution in [0.15, 0.2) is 71.6 Å². The topological polar surface area (TPSA) is 205 Å². The Labute approximate surface area is 325 Å². The molecule has 2 aliphatic heterocycles. The number of carbonyl (C=O) groups is 3. The highest BCUT2D eigenvalue weighted by atomic mass is 16.5. The fourth-order valence-corrected chi connectivity index (χ4v) is 8.01. The average Bonchev–Trinajstić information content (AvgIpc) is 4.03. The molecule has 0 radical (unpaired) electrons. The monoisotopic (exact) mass is 763 g/mol. The quantitative estimate of drug-likeness (QED) is 0.116. The summed E-state index contributed by atoms with van der Waals surface area (Å²) in [5.74, 6) is 1.22. The summed E-state index contributed by atoms with van der Waals surface area (Å²) in [5, 5.41) is 16.5. The van der Waals surface area contributed by atoms with Gasteiger partial charge in [-0.25, -0.2) is 14.8 Å². The van der Waals surface area contributed by atoms with Crippen LogP contribution in [-0.4, -0.2) is 99.6 Å². The van der Waals surface area contributed by atoms with Crippen LogP contribution in [0.2, 0.25) is 0 Å². The molecule has 3 amide bonds. The van der Waals surface area contributed by atoms with Crippen LogP contribution in [0, 0.1) is 11.8 Å². The number of carboxylic acid groups (broad SMARTS) is 1. The SMILES string of the molecule is CC(C)[C@H](Nc1noc(N)n1)C(=O)N1CCC[C@H]1c1ncc(-c2ccc(-c3ccc(-n4ccnc4[C@@H]4CCCN4C(=O)[C@H](C(C)C)N(C)C(=O)O)cc3)cc2)[nH]1. The van der Waals surface area contributed by atoms with E-state index in [1.807, 2.05) is 61.7 Å². The van der Waals surface area contributed by atoms with Crippen molar-refractivity contribution in [1.29, 1.82) is 0 Å². The lowest BCUT2D eigenvalue weighted by molar-refractivity contribution is -0.138. The standard InChI is InChI=1S/C40H49N11O5/c1-23(2)32(45-39-46-38(41)56-47-39)36(52)50-19-6-8-30(50)34-43-22-29(44-34)27-12-10-25(11-13-27)26-14-16-28(17-15-26)49-21-18-42-35(49)31-9-7-20-51(31)37(53)33(24(3)4)48(5)40(54)55/h10-18,21-24,30-33H,6-9,19-20H2,1-5H3,(H,43,44)(H,54,55)(H3,41,45,46,47)/t30-,31-,32-,33-/m0/s1. The van der Waals surface area contributed by atoms with Crippen LogP contribution in [0.1, 0.15) is 77.1 Å². The Morgan fingerprint density at radius 1 is 0.893 bits per heavy atom. The van der Waals surface area contributed by atoms with Gasteiger partial charge in [0.05, 0.1) is 24.0 Å². The minimum atomic E-state index is -1.12. The van der Waals surface area contributed by atoms with Crippen molar-refractivity contribution in [2.75, 3.05) is 31.2 Å². The van der Waals surface area contributed by atoms with E-state index in [0.29, 0.717) is 13.1 Å². The second-order valence-electron chi connectivity index (χ2n) is 15.2. The number of imidazole rings is 2. The minimum absolute atomic E-state index is 0.0350. The molecular formula is C40H49N11O5. The highest BCUT2D eigenvalue weighted by Crippen LogP contribution is 2.36. The van der Waals surface area contributed by atoms with Gasteiger partial charge in [-0.3, -0.25) is 14.5 Å². The molecule has 0 spiro atoms. The lowest BCUT2D eigenvalue weighted by atomic mass is 10.0. The molecule has 2 aromatic carbocycles. The average molecular weight is 764 g/mol. The van der Waals surface area contributed by atoms with Crippen LogP contribution >= 0.6 is 0 Å². The molecule has 16 heteroatoms. The summed E-state index contributed by atoms with van der Waals surface area (Å²) in [4.78, 5) is 61.0. The van der Waals surface area contributed by atoms with Gasteiger partial charge in [-0.15, -0.1) is 0 Å². The Balaban J connectivity index is 1.03. The molecular weight excluding hydrogens is 715 g/mol. The van der Waals surface area contributed by atoms with E-state index in [1.54, 1.807) is 11.1 Å². The van der Waals surface area contributed by atoms with Gasteiger partial charge in [-0.1, -0.05) is 64.1 Å². The number of hydrogen-bond acceptors (Lipinski definition) is 10. The number of likely N-dealkylation sites (tertiary alicyclic amines) is 2. The Hall–Kier alpha value is -6.19. The largest absolute Gasteiger partial charge is 0.465 e. The summed E-state index contributed by atoms with van der Waals surface area (Å²) in [6, 6.07) is 14.6. The third kappa shape index (κ3) is 7.55. The summed E-state index contributed by atoms with van der Waals surface area (Å²) >= 11 is 0. The Morgan fingerprint density at radius 3 is 2.12 bits per heavy atom. The fourth-order valence-electron chi connectivity index (χ4n) is 8.01. The van der Waals surface area contributed by atoms with Gasteiger partial charge < -0.3 is 40.0 Å². The van der Waals surface area contributed by atoms with Gasteiger partial charge in [0.15, 0.2) is 0 Å². The minimum Gasteiger partial charge on any atom is -0.465 e. The van der Waals surface area contributed by atoms with Gasteiger partial charge in [-0.2, -0.15) is 4.98 Å². The number of H-pyrrole nitrogens is 1. The molecule has 0 saturated carbocycles. The molecule has 5 aromatic rings. The lowest BCUT2D eigenvalue weighted by Gasteiger charge is -2.34. The normalized spacial score (nSPS) is 18.1. The molecule has 7 rings (SSSR count). The predicted molar refractivity (Wildman–Crippen MR) is 209 cm³/mol. The van der Waals surface area contributed by atoms with Crippen molar-refractivity contribution in [2.45, 2.75) is 77.5 Å². The zero-order chi connectivity index (χ0) is 39.7. The fraction of sp³-hybridized carbons (Fsp3) is 0.425. The zero-order valence-electron chi connectivity index (χ0n) is 32.3. The molecule has 5 heterocycles. The molecule has 0 aliphatic carbocycles. The van der Waals surface area contributed by atoms with Crippen LogP contribution in [0.5, 0.6) is 0 Å². The highest BCUT2D eigenvalue weighted by molar-refractivity contribution is 5.86. The molecule has 16 nitrogen and oxygen atoms in total. The van der Waals surface area contributed by atoms with E-state index in [-0.39, 0.29) is 47.7 Å². The Bertz CT molecular complexity index is 2160. The molecule has 4 atom stereocenters. The van der Waals surface area contributed by atoms with Crippen molar-refractivity contribution in [3.8, 4) is 28.1 Å². The number of rotatable bonds is 12. The van der Waals surface area contributed by atoms with Crippen molar-refractivity contribution in [1.82, 2.24) is 44.4 Å². The lowest BCUT2D eigenvalue weighted by Crippen LogP contribution is -2.51. The van der Waals surface area contributed by atoms with Crippen molar-refractivity contribution in [3.05, 3.63) is 78.8 Å². The first-order valence-electron chi connectivity index (χ1n) is 19.1.